The monoisotopic (exact) mass is 224 g/mol. The second-order valence-electron chi connectivity index (χ2n) is 3.20. The maximum atomic E-state index is 11.1. The van der Waals surface area contributed by atoms with Crippen molar-refractivity contribution in [1.29, 1.82) is 0 Å². The molecule has 0 aromatic heterocycles. The first-order valence-electron chi connectivity index (χ1n) is 4.31. The van der Waals surface area contributed by atoms with Crippen LogP contribution in [-0.2, 0) is 11.3 Å². The molecule has 15 heavy (non-hydrogen) atoms. The number of benzene rings is 1. The van der Waals surface area contributed by atoms with E-state index in [2.05, 4.69) is 0 Å². The lowest BCUT2D eigenvalue weighted by molar-refractivity contribution is -0.385. The van der Waals surface area contributed by atoms with E-state index in [-0.39, 0.29) is 11.6 Å². The minimum absolute atomic E-state index is 0.0427. The van der Waals surface area contributed by atoms with Crippen molar-refractivity contribution in [3.63, 3.8) is 0 Å². The van der Waals surface area contributed by atoms with E-state index in [9.17, 15) is 14.9 Å². The first-order chi connectivity index (χ1) is 7.08. The summed E-state index contributed by atoms with van der Waals surface area (Å²) in [7, 11) is 0. The van der Waals surface area contributed by atoms with E-state index in [0.29, 0.717) is 6.54 Å². The van der Waals surface area contributed by atoms with E-state index in [1.807, 2.05) is 0 Å². The second kappa shape index (κ2) is 3.54. The molecule has 0 fully saturated rings. The van der Waals surface area contributed by atoms with Crippen molar-refractivity contribution >= 4 is 23.5 Å². The lowest BCUT2D eigenvalue weighted by Crippen LogP contribution is -2.15. The van der Waals surface area contributed by atoms with Crippen LogP contribution in [0.3, 0.4) is 0 Å². The zero-order valence-electron chi connectivity index (χ0n) is 7.97. The van der Waals surface area contributed by atoms with Crippen molar-refractivity contribution < 1.29 is 9.72 Å². The molecule has 0 saturated heterocycles. The highest BCUT2D eigenvalue weighted by molar-refractivity contribution is 7.97. The molecule has 0 spiro atoms. The largest absolute Gasteiger partial charge is 0.278 e. The Labute approximate surface area is 90.4 Å². The number of non-ortho nitro benzene ring substituents is 1. The molecule has 0 saturated carbocycles. The summed E-state index contributed by atoms with van der Waals surface area (Å²) in [5, 5.41) is 10.5. The molecule has 0 aliphatic carbocycles. The summed E-state index contributed by atoms with van der Waals surface area (Å²) in [5.41, 5.74) is 1.02. The highest BCUT2D eigenvalue weighted by Crippen LogP contribution is 2.37. The molecule has 6 heteroatoms. The fourth-order valence-corrected chi connectivity index (χ4v) is 2.35. The Bertz CT molecular complexity index is 447. The van der Waals surface area contributed by atoms with Crippen molar-refractivity contribution in [2.45, 2.75) is 18.4 Å². The Morgan fingerprint density at radius 2 is 2.33 bits per heavy atom. The minimum Gasteiger partial charge on any atom is -0.278 e. The first-order valence-corrected chi connectivity index (χ1v) is 5.08. The van der Waals surface area contributed by atoms with Crippen LogP contribution in [0, 0.1) is 10.1 Å². The summed E-state index contributed by atoms with van der Waals surface area (Å²) in [6.45, 7) is 2.00. The molecule has 78 valence electrons. The van der Waals surface area contributed by atoms with Gasteiger partial charge in [0.05, 0.1) is 11.5 Å². The van der Waals surface area contributed by atoms with Gasteiger partial charge in [0, 0.05) is 24.0 Å². The van der Waals surface area contributed by atoms with E-state index >= 15 is 0 Å². The first kappa shape index (κ1) is 9.97. The van der Waals surface area contributed by atoms with Crippen LogP contribution in [0.2, 0.25) is 0 Å². The number of rotatable bonds is 1. The smallest absolute Gasteiger partial charge is 0.270 e. The quantitative estimate of drug-likeness (QED) is 0.415. The molecule has 2 rings (SSSR count). The summed E-state index contributed by atoms with van der Waals surface area (Å²) in [5.74, 6) is -0.0427. The number of fused-ring (bicyclic) bond motifs is 1. The molecule has 1 amide bonds. The van der Waals surface area contributed by atoms with Crippen molar-refractivity contribution in [2.75, 3.05) is 0 Å². The maximum absolute atomic E-state index is 11.1. The summed E-state index contributed by atoms with van der Waals surface area (Å²) in [6.07, 6.45) is 0. The fourth-order valence-electron chi connectivity index (χ4n) is 1.35. The van der Waals surface area contributed by atoms with E-state index in [0.717, 1.165) is 10.5 Å². The molecular weight excluding hydrogens is 216 g/mol. The predicted molar refractivity (Wildman–Crippen MR) is 55.2 cm³/mol. The normalized spacial score (nSPS) is 13.8. The third-order valence-corrected chi connectivity index (χ3v) is 3.32. The highest BCUT2D eigenvalue weighted by Gasteiger charge is 2.24. The summed E-state index contributed by atoms with van der Waals surface area (Å²) < 4.78 is 1.58. The topological polar surface area (TPSA) is 63.5 Å². The zero-order chi connectivity index (χ0) is 11.0. The molecule has 1 heterocycles. The molecule has 0 bridgehead atoms. The van der Waals surface area contributed by atoms with Gasteiger partial charge in [0.25, 0.3) is 5.69 Å². The summed E-state index contributed by atoms with van der Waals surface area (Å²) >= 11 is 1.26. The number of hydrogen-bond acceptors (Lipinski definition) is 4. The number of carbonyl (C=O) groups excluding carboxylic acids is 1. The lowest BCUT2D eigenvalue weighted by atomic mass is 10.2. The molecule has 0 N–H and O–H groups in total. The number of amides is 1. The van der Waals surface area contributed by atoms with Gasteiger partial charge in [-0.15, -0.1) is 0 Å². The Kier molecular flexibility index (Phi) is 2.36. The molecule has 0 radical (unpaired) electrons. The molecule has 1 aromatic carbocycles. The van der Waals surface area contributed by atoms with Gasteiger partial charge in [-0.1, -0.05) is 0 Å². The third-order valence-electron chi connectivity index (χ3n) is 2.14. The number of carbonyl (C=O) groups is 1. The van der Waals surface area contributed by atoms with Gasteiger partial charge in [0.2, 0.25) is 5.91 Å². The highest BCUT2D eigenvalue weighted by atomic mass is 32.2. The average molecular weight is 224 g/mol. The van der Waals surface area contributed by atoms with Crippen LogP contribution in [-0.4, -0.2) is 15.1 Å². The van der Waals surface area contributed by atoms with E-state index < -0.39 is 4.92 Å². The Balaban J connectivity index is 2.31. The van der Waals surface area contributed by atoms with Gasteiger partial charge >= 0.3 is 0 Å². The average Bonchev–Trinajstić information content (AvgIpc) is 2.59. The van der Waals surface area contributed by atoms with Crippen LogP contribution in [0.4, 0.5) is 5.69 Å². The predicted octanol–water partition coefficient (Wildman–Crippen LogP) is 1.96. The van der Waals surface area contributed by atoms with Crippen LogP contribution in [0.15, 0.2) is 23.1 Å². The van der Waals surface area contributed by atoms with Crippen LogP contribution < -0.4 is 0 Å². The van der Waals surface area contributed by atoms with Crippen molar-refractivity contribution in [1.82, 2.24) is 4.31 Å². The molecule has 0 unspecified atom stereocenters. The maximum Gasteiger partial charge on any atom is 0.270 e. The molecule has 1 aromatic rings. The van der Waals surface area contributed by atoms with Gasteiger partial charge in [0.1, 0.15) is 0 Å². The summed E-state index contributed by atoms with van der Waals surface area (Å²) in [4.78, 5) is 22.0. The van der Waals surface area contributed by atoms with Gasteiger partial charge in [-0.3, -0.25) is 19.2 Å². The fraction of sp³-hybridized carbons (Fsp3) is 0.222. The SMILES string of the molecule is CC(=O)N1Cc2ccc([N+](=O)[O-])cc2S1. The van der Waals surface area contributed by atoms with Crippen LogP contribution >= 0.6 is 11.9 Å². The Morgan fingerprint density at radius 3 is 2.93 bits per heavy atom. The van der Waals surface area contributed by atoms with Gasteiger partial charge in [-0.05, 0) is 23.6 Å². The molecule has 5 nitrogen and oxygen atoms in total. The number of nitro groups is 1. The molecule has 0 atom stereocenters. The molecular formula is C9H8N2O3S. The standard InChI is InChI=1S/C9H8N2O3S/c1-6(12)10-5-7-2-3-8(11(13)14)4-9(7)15-10/h2-4H,5H2,1H3. The van der Waals surface area contributed by atoms with Gasteiger partial charge in [-0.25, -0.2) is 0 Å². The van der Waals surface area contributed by atoms with Crippen molar-refractivity contribution in [3.8, 4) is 0 Å². The van der Waals surface area contributed by atoms with Crippen molar-refractivity contribution in [2.24, 2.45) is 0 Å². The van der Waals surface area contributed by atoms with Crippen LogP contribution in [0.5, 0.6) is 0 Å². The molecule has 1 aliphatic heterocycles. The third kappa shape index (κ3) is 1.80. The molecule has 1 aliphatic rings. The minimum atomic E-state index is -0.433. The van der Waals surface area contributed by atoms with E-state index in [4.69, 9.17) is 0 Å². The second-order valence-corrected chi connectivity index (χ2v) is 4.26. The van der Waals surface area contributed by atoms with Gasteiger partial charge in [-0.2, -0.15) is 0 Å². The lowest BCUT2D eigenvalue weighted by Gasteiger charge is -2.08. The van der Waals surface area contributed by atoms with Gasteiger partial charge in [0.15, 0.2) is 0 Å². The zero-order valence-corrected chi connectivity index (χ0v) is 8.78. The van der Waals surface area contributed by atoms with Gasteiger partial charge < -0.3 is 0 Å². The van der Waals surface area contributed by atoms with Crippen LogP contribution in [0.1, 0.15) is 12.5 Å². The number of nitrogens with zero attached hydrogens (tertiary/aromatic N) is 2. The number of hydrogen-bond donors (Lipinski definition) is 0. The number of nitro benzene ring substituents is 1. The van der Waals surface area contributed by atoms with Crippen LogP contribution in [0.25, 0.3) is 0 Å². The van der Waals surface area contributed by atoms with E-state index in [1.54, 1.807) is 10.4 Å². The Hall–Kier alpha value is -1.56. The summed E-state index contributed by atoms with van der Waals surface area (Å²) in [6, 6.07) is 4.66. The Morgan fingerprint density at radius 1 is 1.60 bits per heavy atom. The van der Waals surface area contributed by atoms with E-state index in [1.165, 1.54) is 31.0 Å². The van der Waals surface area contributed by atoms with Crippen molar-refractivity contribution in [3.05, 3.63) is 33.9 Å².